The van der Waals surface area contributed by atoms with Gasteiger partial charge in [-0.15, -0.1) is 0 Å². The van der Waals surface area contributed by atoms with Crippen LogP contribution in [0, 0.1) is 5.92 Å². The van der Waals surface area contributed by atoms with Crippen LogP contribution in [-0.2, 0) is 0 Å². The molecule has 0 radical (unpaired) electrons. The molecule has 2 heterocycles. The van der Waals surface area contributed by atoms with E-state index in [1.165, 1.54) is 5.56 Å². The highest BCUT2D eigenvalue weighted by molar-refractivity contribution is 6.37. The van der Waals surface area contributed by atoms with Crippen molar-refractivity contribution in [2.75, 3.05) is 6.54 Å². The highest BCUT2D eigenvalue weighted by Crippen LogP contribution is 2.30. The van der Waals surface area contributed by atoms with E-state index in [-0.39, 0.29) is 11.8 Å². The normalized spacial score (nSPS) is 13.1. The van der Waals surface area contributed by atoms with E-state index in [1.54, 1.807) is 30.7 Å². The van der Waals surface area contributed by atoms with Gasteiger partial charge >= 0.3 is 0 Å². The number of benzene rings is 2. The summed E-state index contributed by atoms with van der Waals surface area (Å²) < 4.78 is 1.81. The Hall–Kier alpha value is -3.18. The minimum absolute atomic E-state index is 0.150. The fourth-order valence-corrected chi connectivity index (χ4v) is 4.29. The number of halogens is 1. The Balaban J connectivity index is 1.63. The summed E-state index contributed by atoms with van der Waals surface area (Å²) >= 11 is 6.52. The van der Waals surface area contributed by atoms with Gasteiger partial charge in [0.05, 0.1) is 16.1 Å². The molecule has 6 heteroatoms. The molecule has 0 aliphatic heterocycles. The third-order valence-corrected chi connectivity index (χ3v) is 6.27. The van der Waals surface area contributed by atoms with Crippen molar-refractivity contribution in [3.05, 3.63) is 89.3 Å². The minimum atomic E-state index is -0.150. The number of nitrogens with zero attached hydrogens (tertiary/aromatic N) is 3. The van der Waals surface area contributed by atoms with Gasteiger partial charge in [-0.2, -0.15) is 0 Å². The van der Waals surface area contributed by atoms with Crippen LogP contribution in [0.3, 0.4) is 0 Å². The molecule has 2 aromatic carbocycles. The van der Waals surface area contributed by atoms with Crippen LogP contribution in [-0.4, -0.2) is 27.0 Å². The van der Waals surface area contributed by atoms with E-state index in [1.807, 2.05) is 34.9 Å². The number of aromatic nitrogens is 3. The van der Waals surface area contributed by atoms with Gasteiger partial charge in [0.15, 0.2) is 0 Å². The summed E-state index contributed by atoms with van der Waals surface area (Å²) in [7, 11) is 0. The smallest absolute Gasteiger partial charge is 0.253 e. The lowest BCUT2D eigenvalue weighted by molar-refractivity contribution is 0.0951. The van der Waals surface area contributed by atoms with Crippen molar-refractivity contribution >= 4 is 28.4 Å². The molecule has 164 valence electrons. The molecule has 1 N–H and O–H groups in total. The van der Waals surface area contributed by atoms with E-state index < -0.39 is 0 Å². The zero-order valence-corrected chi connectivity index (χ0v) is 19.1. The van der Waals surface area contributed by atoms with Crippen molar-refractivity contribution < 1.29 is 4.79 Å². The molecule has 1 amide bonds. The van der Waals surface area contributed by atoms with Gasteiger partial charge in [-0.1, -0.05) is 68.3 Å². The summed E-state index contributed by atoms with van der Waals surface area (Å²) in [5, 5.41) is 4.39. The van der Waals surface area contributed by atoms with E-state index in [4.69, 9.17) is 11.6 Å². The predicted octanol–water partition coefficient (Wildman–Crippen LogP) is 6.02. The molecule has 4 aromatic rings. The molecular formula is C26H27ClN4O. The van der Waals surface area contributed by atoms with Crippen molar-refractivity contribution in [1.29, 1.82) is 0 Å². The SMILES string of the molecule is CCC(C)CC(CNC(=O)c1cn(-c2ncccn2)c2cccc(Cl)c12)c1ccccc1. The number of amides is 1. The molecule has 5 nitrogen and oxygen atoms in total. The Kier molecular flexibility index (Phi) is 6.86. The minimum Gasteiger partial charge on any atom is -0.351 e. The lowest BCUT2D eigenvalue weighted by atomic mass is 9.88. The lowest BCUT2D eigenvalue weighted by Crippen LogP contribution is -2.29. The van der Waals surface area contributed by atoms with Crippen LogP contribution >= 0.6 is 11.6 Å². The van der Waals surface area contributed by atoms with E-state index in [0.29, 0.717) is 34.4 Å². The summed E-state index contributed by atoms with van der Waals surface area (Å²) in [6, 6.07) is 17.7. The topological polar surface area (TPSA) is 59.8 Å². The van der Waals surface area contributed by atoms with Crippen LogP contribution in [0.25, 0.3) is 16.9 Å². The maximum atomic E-state index is 13.3. The van der Waals surface area contributed by atoms with Gasteiger partial charge in [-0.05, 0) is 36.1 Å². The average Bonchev–Trinajstić information content (AvgIpc) is 3.23. The molecular weight excluding hydrogens is 420 g/mol. The molecule has 0 fully saturated rings. The second kappa shape index (κ2) is 9.96. The first kappa shape index (κ1) is 22.0. The van der Waals surface area contributed by atoms with E-state index >= 15 is 0 Å². The van der Waals surface area contributed by atoms with Crippen molar-refractivity contribution in [1.82, 2.24) is 19.9 Å². The number of carbonyl (C=O) groups is 1. The van der Waals surface area contributed by atoms with Crippen LogP contribution in [0.15, 0.2) is 73.2 Å². The molecule has 2 aromatic heterocycles. The maximum absolute atomic E-state index is 13.3. The standard InChI is InChI=1S/C26H27ClN4O/c1-3-18(2)15-20(19-9-5-4-6-10-19)16-30-25(32)21-17-31(26-28-13-8-14-29-26)23-12-7-11-22(27)24(21)23/h4-14,17-18,20H,3,15-16H2,1-2H3,(H,30,32). The molecule has 0 saturated carbocycles. The van der Waals surface area contributed by atoms with Crippen molar-refractivity contribution in [3.63, 3.8) is 0 Å². The first-order valence-electron chi connectivity index (χ1n) is 11.0. The summed E-state index contributed by atoms with van der Waals surface area (Å²) in [6.07, 6.45) is 7.25. The largest absolute Gasteiger partial charge is 0.351 e. The zero-order valence-electron chi connectivity index (χ0n) is 18.3. The fraction of sp³-hybridized carbons (Fsp3) is 0.269. The Labute approximate surface area is 193 Å². The van der Waals surface area contributed by atoms with Crippen molar-refractivity contribution in [2.45, 2.75) is 32.6 Å². The molecule has 0 bridgehead atoms. The number of hydrogen-bond donors (Lipinski definition) is 1. The van der Waals surface area contributed by atoms with Gasteiger partial charge < -0.3 is 5.32 Å². The second-order valence-electron chi connectivity index (χ2n) is 8.16. The third-order valence-electron chi connectivity index (χ3n) is 5.95. The summed E-state index contributed by atoms with van der Waals surface area (Å²) in [5.41, 5.74) is 2.56. The second-order valence-corrected chi connectivity index (χ2v) is 8.57. The number of nitrogens with one attached hydrogen (secondary N) is 1. The summed E-state index contributed by atoms with van der Waals surface area (Å²) in [5.74, 6) is 1.17. The molecule has 32 heavy (non-hydrogen) atoms. The summed E-state index contributed by atoms with van der Waals surface area (Å²) in [6.45, 7) is 5.02. The van der Waals surface area contributed by atoms with Crippen LogP contribution < -0.4 is 5.32 Å². The Bertz CT molecular complexity index is 1190. The zero-order chi connectivity index (χ0) is 22.5. The van der Waals surface area contributed by atoms with Gasteiger partial charge in [-0.3, -0.25) is 9.36 Å². The maximum Gasteiger partial charge on any atom is 0.253 e. The first-order chi connectivity index (χ1) is 15.6. The molecule has 0 aliphatic rings. The first-order valence-corrected chi connectivity index (χ1v) is 11.4. The van der Waals surface area contributed by atoms with Crippen molar-refractivity contribution in [2.24, 2.45) is 5.92 Å². The van der Waals surface area contributed by atoms with E-state index in [9.17, 15) is 4.79 Å². The van der Waals surface area contributed by atoms with Gasteiger partial charge in [0.2, 0.25) is 5.95 Å². The number of hydrogen-bond acceptors (Lipinski definition) is 3. The highest BCUT2D eigenvalue weighted by Gasteiger charge is 2.21. The Morgan fingerprint density at radius 2 is 1.81 bits per heavy atom. The summed E-state index contributed by atoms with van der Waals surface area (Å²) in [4.78, 5) is 22.0. The fourth-order valence-electron chi connectivity index (χ4n) is 4.02. The van der Waals surface area contributed by atoms with Gasteiger partial charge in [0.25, 0.3) is 5.91 Å². The van der Waals surface area contributed by atoms with Crippen LogP contribution in [0.5, 0.6) is 0 Å². The van der Waals surface area contributed by atoms with Gasteiger partial charge in [-0.25, -0.2) is 9.97 Å². The molecule has 0 aliphatic carbocycles. The predicted molar refractivity (Wildman–Crippen MR) is 129 cm³/mol. The molecule has 2 unspecified atom stereocenters. The number of carbonyl (C=O) groups excluding carboxylic acids is 1. The van der Waals surface area contributed by atoms with Crippen molar-refractivity contribution in [3.8, 4) is 5.95 Å². The lowest BCUT2D eigenvalue weighted by Gasteiger charge is -2.21. The number of fused-ring (bicyclic) bond motifs is 1. The quantitative estimate of drug-likeness (QED) is 0.359. The highest BCUT2D eigenvalue weighted by atomic mass is 35.5. The Morgan fingerprint density at radius 1 is 1.06 bits per heavy atom. The van der Waals surface area contributed by atoms with E-state index in [2.05, 4.69) is 41.3 Å². The van der Waals surface area contributed by atoms with E-state index in [0.717, 1.165) is 18.4 Å². The third kappa shape index (κ3) is 4.68. The average molecular weight is 447 g/mol. The number of rotatable bonds is 8. The molecule has 0 saturated heterocycles. The van der Waals surface area contributed by atoms with Gasteiger partial charge in [0.1, 0.15) is 0 Å². The van der Waals surface area contributed by atoms with Crippen LogP contribution in [0.4, 0.5) is 0 Å². The molecule has 2 atom stereocenters. The monoisotopic (exact) mass is 446 g/mol. The molecule has 4 rings (SSSR count). The Morgan fingerprint density at radius 3 is 2.53 bits per heavy atom. The van der Waals surface area contributed by atoms with Crippen LogP contribution in [0.1, 0.15) is 48.5 Å². The molecule has 0 spiro atoms. The van der Waals surface area contributed by atoms with Crippen LogP contribution in [0.2, 0.25) is 5.02 Å². The van der Waals surface area contributed by atoms with Gasteiger partial charge in [0, 0.05) is 36.4 Å².